The highest BCUT2D eigenvalue weighted by atomic mass is 16.5. The Hall–Kier alpha value is -3.22. The van der Waals surface area contributed by atoms with Crippen LogP contribution in [0.15, 0.2) is 53.5 Å². The summed E-state index contributed by atoms with van der Waals surface area (Å²) in [5, 5.41) is 6.63. The van der Waals surface area contributed by atoms with Gasteiger partial charge in [-0.3, -0.25) is 9.79 Å². The van der Waals surface area contributed by atoms with Gasteiger partial charge < -0.3 is 25.8 Å². The Kier molecular flexibility index (Phi) is 9.35. The summed E-state index contributed by atoms with van der Waals surface area (Å²) in [4.78, 5) is 15.4. The quantitative estimate of drug-likeness (QED) is 0.397. The van der Waals surface area contributed by atoms with Crippen molar-refractivity contribution in [3.05, 3.63) is 59.7 Å². The van der Waals surface area contributed by atoms with Gasteiger partial charge in [0.25, 0.3) is 5.91 Å². The molecule has 2 aromatic carbocycles. The Labute approximate surface area is 172 Å². The van der Waals surface area contributed by atoms with Gasteiger partial charge in [0.2, 0.25) is 0 Å². The van der Waals surface area contributed by atoms with Crippen LogP contribution >= 0.6 is 0 Å². The Bertz CT molecular complexity index is 774. The summed E-state index contributed by atoms with van der Waals surface area (Å²) in [6, 6.07) is 15.7. The third-order valence-corrected chi connectivity index (χ3v) is 4.18. The Balaban J connectivity index is 1.77. The molecule has 7 nitrogen and oxygen atoms in total. The molecule has 0 aliphatic heterocycles. The third kappa shape index (κ3) is 8.55. The maximum Gasteiger partial charge on any atom is 0.255 e. The lowest BCUT2D eigenvalue weighted by atomic mass is 10.1. The van der Waals surface area contributed by atoms with Crippen molar-refractivity contribution in [1.82, 2.24) is 10.6 Å². The minimum atomic E-state index is -0.487. The molecule has 2 aromatic rings. The molecule has 0 fully saturated rings. The van der Waals surface area contributed by atoms with Crippen molar-refractivity contribution in [2.24, 2.45) is 10.7 Å². The molecule has 0 radical (unpaired) electrons. The van der Waals surface area contributed by atoms with Crippen molar-refractivity contribution in [3.63, 3.8) is 0 Å². The minimum Gasteiger partial charge on any atom is -0.497 e. The maximum atomic E-state index is 10.7. The molecule has 1 amide bonds. The predicted molar refractivity (Wildman–Crippen MR) is 116 cm³/mol. The molecule has 4 N–H and O–H groups in total. The number of rotatable bonds is 11. The van der Waals surface area contributed by atoms with Gasteiger partial charge in [0.15, 0.2) is 12.6 Å². The number of carbonyl (C=O) groups excluding carboxylic acids is 1. The molecule has 0 saturated heterocycles. The minimum absolute atomic E-state index is 0.113. The second-order valence-electron chi connectivity index (χ2n) is 6.43. The van der Waals surface area contributed by atoms with Gasteiger partial charge >= 0.3 is 0 Å². The van der Waals surface area contributed by atoms with Gasteiger partial charge in [0.1, 0.15) is 11.5 Å². The second kappa shape index (κ2) is 12.3. The number of hydrogen-bond acceptors (Lipinski definition) is 4. The predicted octanol–water partition coefficient (Wildman–Crippen LogP) is 1.90. The summed E-state index contributed by atoms with van der Waals surface area (Å²) >= 11 is 0. The molecule has 0 aromatic heterocycles. The van der Waals surface area contributed by atoms with Crippen molar-refractivity contribution in [3.8, 4) is 11.5 Å². The smallest absolute Gasteiger partial charge is 0.255 e. The van der Waals surface area contributed by atoms with Crippen LogP contribution in [0.5, 0.6) is 11.5 Å². The number of guanidine groups is 1. The average molecular weight is 399 g/mol. The number of aliphatic imine (C=N–C) groups is 1. The first-order valence-corrected chi connectivity index (χ1v) is 9.76. The number of primary amides is 1. The zero-order valence-electron chi connectivity index (χ0n) is 17.1. The lowest BCUT2D eigenvalue weighted by Gasteiger charge is -2.11. The van der Waals surface area contributed by atoms with Gasteiger partial charge in [0, 0.05) is 19.6 Å². The zero-order valence-corrected chi connectivity index (χ0v) is 17.1. The van der Waals surface area contributed by atoms with Crippen LogP contribution in [-0.2, 0) is 17.6 Å². The fourth-order valence-corrected chi connectivity index (χ4v) is 2.66. The first-order chi connectivity index (χ1) is 14.1. The number of benzene rings is 2. The molecule has 156 valence electrons. The van der Waals surface area contributed by atoms with Crippen LogP contribution in [0, 0.1) is 0 Å². The molecule has 0 spiro atoms. The highest BCUT2D eigenvalue weighted by molar-refractivity contribution is 5.79. The highest BCUT2D eigenvalue weighted by Gasteiger charge is 2.01. The molecule has 0 unspecified atom stereocenters. The second-order valence-corrected chi connectivity index (χ2v) is 6.43. The van der Waals surface area contributed by atoms with Crippen molar-refractivity contribution in [2.45, 2.75) is 19.8 Å². The highest BCUT2D eigenvalue weighted by Crippen LogP contribution is 2.13. The Morgan fingerprint density at radius 2 is 1.59 bits per heavy atom. The van der Waals surface area contributed by atoms with Gasteiger partial charge in [-0.15, -0.1) is 0 Å². The van der Waals surface area contributed by atoms with Gasteiger partial charge in [-0.25, -0.2) is 0 Å². The number of hydrogen-bond donors (Lipinski definition) is 3. The normalized spacial score (nSPS) is 11.0. The van der Waals surface area contributed by atoms with E-state index in [0.29, 0.717) is 12.3 Å². The standard InChI is InChI=1S/C22H30N4O3/c1-3-24-22(25-14-12-17-4-8-19(28-2)9-5-17)26-15-13-18-6-10-20(11-7-18)29-16-21(23)27/h4-11H,3,12-16H2,1-2H3,(H2,23,27)(H2,24,25,26). The fraction of sp³-hybridized carbons (Fsp3) is 0.364. The van der Waals surface area contributed by atoms with E-state index in [2.05, 4.69) is 27.8 Å². The van der Waals surface area contributed by atoms with E-state index in [1.807, 2.05) is 43.3 Å². The van der Waals surface area contributed by atoms with Crippen LogP contribution < -0.4 is 25.8 Å². The lowest BCUT2D eigenvalue weighted by molar-refractivity contribution is -0.119. The SMILES string of the molecule is CCNC(=NCCc1ccc(OCC(N)=O)cc1)NCCc1ccc(OC)cc1. The number of methoxy groups -OCH3 is 1. The average Bonchev–Trinajstić information content (AvgIpc) is 2.73. The van der Waals surface area contributed by atoms with Crippen molar-refractivity contribution in [2.75, 3.05) is 33.4 Å². The van der Waals surface area contributed by atoms with E-state index in [9.17, 15) is 4.79 Å². The van der Waals surface area contributed by atoms with Crippen LogP contribution in [0.3, 0.4) is 0 Å². The van der Waals surface area contributed by atoms with Crippen LogP contribution in [-0.4, -0.2) is 45.2 Å². The van der Waals surface area contributed by atoms with E-state index in [4.69, 9.17) is 15.2 Å². The summed E-state index contributed by atoms with van der Waals surface area (Å²) in [5.41, 5.74) is 7.46. The van der Waals surface area contributed by atoms with Gasteiger partial charge in [-0.1, -0.05) is 24.3 Å². The molecule has 7 heteroatoms. The number of ether oxygens (including phenoxy) is 2. The summed E-state index contributed by atoms with van der Waals surface area (Å²) in [5.74, 6) is 1.81. The number of nitrogens with zero attached hydrogens (tertiary/aromatic N) is 1. The summed E-state index contributed by atoms with van der Waals surface area (Å²) < 4.78 is 10.4. The zero-order chi connectivity index (χ0) is 20.9. The number of amides is 1. The molecule has 0 aliphatic rings. The lowest BCUT2D eigenvalue weighted by Crippen LogP contribution is -2.38. The van der Waals surface area contributed by atoms with E-state index in [-0.39, 0.29) is 6.61 Å². The van der Waals surface area contributed by atoms with Gasteiger partial charge in [-0.2, -0.15) is 0 Å². The monoisotopic (exact) mass is 398 g/mol. The molecule has 0 saturated carbocycles. The van der Waals surface area contributed by atoms with E-state index in [1.54, 1.807) is 7.11 Å². The molecule has 29 heavy (non-hydrogen) atoms. The Morgan fingerprint density at radius 1 is 0.966 bits per heavy atom. The van der Waals surface area contributed by atoms with Crippen LogP contribution in [0.4, 0.5) is 0 Å². The van der Waals surface area contributed by atoms with Crippen LogP contribution in [0.25, 0.3) is 0 Å². The molecule has 0 atom stereocenters. The van der Waals surface area contributed by atoms with Crippen molar-refractivity contribution < 1.29 is 14.3 Å². The molecule has 2 rings (SSSR count). The first kappa shape index (κ1) is 22.1. The van der Waals surface area contributed by atoms with Crippen LogP contribution in [0.1, 0.15) is 18.1 Å². The molecule has 0 heterocycles. The van der Waals surface area contributed by atoms with Gasteiger partial charge in [0.05, 0.1) is 7.11 Å². The van der Waals surface area contributed by atoms with E-state index >= 15 is 0 Å². The largest absolute Gasteiger partial charge is 0.497 e. The van der Waals surface area contributed by atoms with E-state index < -0.39 is 5.91 Å². The molecule has 0 bridgehead atoms. The molecular formula is C22H30N4O3. The molecular weight excluding hydrogens is 368 g/mol. The van der Waals surface area contributed by atoms with E-state index in [1.165, 1.54) is 5.56 Å². The first-order valence-electron chi connectivity index (χ1n) is 9.76. The topological polar surface area (TPSA) is 98.0 Å². The fourth-order valence-electron chi connectivity index (χ4n) is 2.66. The summed E-state index contributed by atoms with van der Waals surface area (Å²) in [7, 11) is 1.67. The maximum absolute atomic E-state index is 10.7. The van der Waals surface area contributed by atoms with Crippen molar-refractivity contribution >= 4 is 11.9 Å². The number of nitrogens with one attached hydrogen (secondary N) is 2. The molecule has 0 aliphatic carbocycles. The summed E-state index contributed by atoms with van der Waals surface area (Å²) in [6.07, 6.45) is 1.71. The Morgan fingerprint density at radius 3 is 2.17 bits per heavy atom. The summed E-state index contributed by atoms with van der Waals surface area (Å²) in [6.45, 7) is 4.20. The van der Waals surface area contributed by atoms with E-state index in [0.717, 1.165) is 43.2 Å². The number of carbonyl (C=O) groups is 1. The van der Waals surface area contributed by atoms with Gasteiger partial charge in [-0.05, 0) is 55.2 Å². The number of nitrogens with two attached hydrogens (primary N) is 1. The van der Waals surface area contributed by atoms with Crippen molar-refractivity contribution in [1.29, 1.82) is 0 Å². The third-order valence-electron chi connectivity index (χ3n) is 4.18. The van der Waals surface area contributed by atoms with Crippen LogP contribution in [0.2, 0.25) is 0 Å².